The summed E-state index contributed by atoms with van der Waals surface area (Å²) in [4.78, 5) is 46.3. The maximum atomic E-state index is 12.3. The van der Waals surface area contributed by atoms with E-state index in [0.717, 1.165) is 37.3 Å². The molecule has 1 atom stereocenters. The van der Waals surface area contributed by atoms with Crippen LogP contribution in [0.2, 0.25) is 0 Å². The summed E-state index contributed by atoms with van der Waals surface area (Å²) in [6.07, 6.45) is 6.91. The molecular weight excluding hydrogens is 438 g/mol. The van der Waals surface area contributed by atoms with Gasteiger partial charge in [0.05, 0.1) is 0 Å². The van der Waals surface area contributed by atoms with Crippen molar-refractivity contribution < 1.29 is 24.6 Å². The van der Waals surface area contributed by atoms with Crippen LogP contribution in [0.15, 0.2) is 61.1 Å². The topological polar surface area (TPSA) is 139 Å². The Balaban J connectivity index is 1.50. The molecule has 1 saturated heterocycles. The van der Waals surface area contributed by atoms with Gasteiger partial charge >= 0.3 is 11.9 Å². The quantitative estimate of drug-likeness (QED) is 0.373. The van der Waals surface area contributed by atoms with Gasteiger partial charge in [0, 0.05) is 85.6 Å². The molecular formula is C24H25N5O5. The zero-order valence-electron chi connectivity index (χ0n) is 18.3. The minimum absolute atomic E-state index is 0.444. The lowest BCUT2D eigenvalue weighted by Crippen LogP contribution is -2.48. The Morgan fingerprint density at radius 2 is 1.79 bits per heavy atom. The second-order valence-corrected chi connectivity index (χ2v) is 8.07. The number of carbonyl (C=O) groups excluding carboxylic acids is 1. The Morgan fingerprint density at radius 1 is 1.06 bits per heavy atom. The van der Waals surface area contributed by atoms with E-state index in [1.165, 1.54) is 5.56 Å². The van der Waals surface area contributed by atoms with Crippen LogP contribution in [0.25, 0.3) is 10.9 Å². The monoisotopic (exact) mass is 463 g/mol. The lowest BCUT2D eigenvalue weighted by molar-refractivity contribution is -0.144. The molecule has 4 N–H and O–H groups in total. The molecule has 1 aliphatic heterocycles. The summed E-state index contributed by atoms with van der Waals surface area (Å²) in [7, 11) is 0. The molecule has 0 spiro atoms. The number of aromatic nitrogens is 2. The highest BCUT2D eigenvalue weighted by molar-refractivity contribution is 6.03. The third kappa shape index (κ3) is 5.48. The van der Waals surface area contributed by atoms with Gasteiger partial charge in [0.25, 0.3) is 0 Å². The fourth-order valence-electron chi connectivity index (χ4n) is 4.19. The summed E-state index contributed by atoms with van der Waals surface area (Å²) >= 11 is 0. The first kappa shape index (κ1) is 23.1. The molecule has 4 rings (SSSR count). The van der Waals surface area contributed by atoms with Gasteiger partial charge in [-0.05, 0) is 35.9 Å². The average Bonchev–Trinajstić information content (AvgIpc) is 3.22. The Bertz CT molecular complexity index is 1210. The van der Waals surface area contributed by atoms with E-state index in [-0.39, 0.29) is 0 Å². The second kappa shape index (κ2) is 10.3. The van der Waals surface area contributed by atoms with Gasteiger partial charge in [0.15, 0.2) is 0 Å². The summed E-state index contributed by atoms with van der Waals surface area (Å²) in [5, 5.41) is 22.0. The first-order chi connectivity index (χ1) is 16.4. The van der Waals surface area contributed by atoms with Crippen LogP contribution in [0.4, 0.5) is 5.69 Å². The Kier molecular flexibility index (Phi) is 7.00. The number of H-pyrrole nitrogens is 1. The molecule has 176 valence electrons. The van der Waals surface area contributed by atoms with E-state index >= 15 is 0 Å². The van der Waals surface area contributed by atoms with Crippen LogP contribution in [-0.2, 0) is 20.9 Å². The van der Waals surface area contributed by atoms with Gasteiger partial charge in [0.1, 0.15) is 6.04 Å². The van der Waals surface area contributed by atoms with Crippen LogP contribution in [0.5, 0.6) is 0 Å². The number of benzene rings is 1. The summed E-state index contributed by atoms with van der Waals surface area (Å²) in [5.74, 6) is -2.75. The van der Waals surface area contributed by atoms with Gasteiger partial charge in [0.2, 0.25) is 5.91 Å². The van der Waals surface area contributed by atoms with Crippen LogP contribution in [0, 0.1) is 0 Å². The molecule has 3 heterocycles. The molecule has 0 saturated carbocycles. The molecule has 34 heavy (non-hydrogen) atoms. The van der Waals surface area contributed by atoms with E-state index in [2.05, 4.69) is 20.2 Å². The van der Waals surface area contributed by atoms with Crippen molar-refractivity contribution >= 4 is 34.4 Å². The van der Waals surface area contributed by atoms with Gasteiger partial charge in [-0.3, -0.25) is 24.4 Å². The van der Waals surface area contributed by atoms with Crippen LogP contribution in [0.3, 0.4) is 0 Å². The molecule has 2 aromatic heterocycles. The van der Waals surface area contributed by atoms with Gasteiger partial charge in [-0.2, -0.15) is 0 Å². The number of nitrogens with one attached hydrogen (secondary N) is 2. The predicted octanol–water partition coefficient (Wildman–Crippen LogP) is 2.09. The lowest BCUT2D eigenvalue weighted by Gasteiger charge is -2.37. The molecule has 10 heteroatoms. The number of carboxylic acids is 2. The number of nitrogens with zero attached hydrogens (tertiary/aromatic N) is 3. The van der Waals surface area contributed by atoms with Crippen LogP contribution in [-0.4, -0.2) is 74.0 Å². The van der Waals surface area contributed by atoms with Crippen molar-refractivity contribution in [3.8, 4) is 0 Å². The standard InChI is InChI=1S/C24H25N5O5/c30-21(3-4-22(31)32)27-17-1-2-20-18(13-17)19(14-26-20)23(24(33)34)29-11-9-28(10-12-29)15-16-5-7-25-8-6-16/h1-8,13-14,23,26H,9-12,15H2,(H,27,30)(H,31,32)(H,33,34)/b4-3+. The minimum atomic E-state index is -1.22. The average molecular weight is 463 g/mol. The maximum Gasteiger partial charge on any atom is 0.328 e. The number of hydrogen-bond acceptors (Lipinski definition) is 6. The third-order valence-electron chi connectivity index (χ3n) is 5.81. The second-order valence-electron chi connectivity index (χ2n) is 8.07. The molecule has 1 aliphatic rings. The molecule has 1 unspecified atom stereocenters. The fourth-order valence-corrected chi connectivity index (χ4v) is 4.19. The number of aliphatic carboxylic acids is 2. The largest absolute Gasteiger partial charge is 0.480 e. The van der Waals surface area contributed by atoms with Crippen molar-refractivity contribution in [3.05, 3.63) is 72.2 Å². The zero-order chi connectivity index (χ0) is 24.1. The number of pyridine rings is 1. The molecule has 1 aromatic carbocycles. The number of fused-ring (bicyclic) bond motifs is 1. The molecule has 0 radical (unpaired) electrons. The van der Waals surface area contributed by atoms with Crippen molar-refractivity contribution in [2.24, 2.45) is 0 Å². The number of carboxylic acid groups (broad SMARTS) is 2. The zero-order valence-corrected chi connectivity index (χ0v) is 18.3. The molecule has 0 bridgehead atoms. The molecule has 3 aromatic rings. The minimum Gasteiger partial charge on any atom is -0.480 e. The van der Waals surface area contributed by atoms with E-state index in [1.807, 2.05) is 17.0 Å². The number of anilines is 1. The molecule has 0 aliphatic carbocycles. The van der Waals surface area contributed by atoms with Gasteiger partial charge in [-0.1, -0.05) is 0 Å². The summed E-state index contributed by atoms with van der Waals surface area (Å²) < 4.78 is 0. The third-order valence-corrected chi connectivity index (χ3v) is 5.81. The van der Waals surface area contributed by atoms with Gasteiger partial charge in [-0.15, -0.1) is 0 Å². The Morgan fingerprint density at radius 3 is 2.47 bits per heavy atom. The number of carbonyl (C=O) groups is 3. The highest BCUT2D eigenvalue weighted by atomic mass is 16.4. The molecule has 1 fully saturated rings. The van der Waals surface area contributed by atoms with Crippen LogP contribution >= 0.6 is 0 Å². The number of aromatic amines is 1. The first-order valence-electron chi connectivity index (χ1n) is 10.8. The van der Waals surface area contributed by atoms with Crippen molar-refractivity contribution in [3.63, 3.8) is 0 Å². The summed E-state index contributed by atoms with van der Waals surface area (Å²) in [6.45, 7) is 3.48. The normalized spacial score (nSPS) is 16.0. The Hall–Kier alpha value is -4.02. The van der Waals surface area contributed by atoms with E-state index in [0.29, 0.717) is 29.7 Å². The van der Waals surface area contributed by atoms with Crippen LogP contribution in [0.1, 0.15) is 17.2 Å². The molecule has 10 nitrogen and oxygen atoms in total. The number of rotatable bonds is 8. The van der Waals surface area contributed by atoms with E-state index in [9.17, 15) is 19.5 Å². The Labute approximate surface area is 195 Å². The van der Waals surface area contributed by atoms with Gasteiger partial charge in [-0.25, -0.2) is 4.79 Å². The highest BCUT2D eigenvalue weighted by Crippen LogP contribution is 2.31. The summed E-state index contributed by atoms with van der Waals surface area (Å²) in [6, 6.07) is 8.24. The van der Waals surface area contributed by atoms with E-state index < -0.39 is 23.9 Å². The molecule has 1 amide bonds. The highest BCUT2D eigenvalue weighted by Gasteiger charge is 2.32. The van der Waals surface area contributed by atoms with Crippen molar-refractivity contribution in [1.82, 2.24) is 19.8 Å². The number of piperazine rings is 1. The smallest absolute Gasteiger partial charge is 0.328 e. The van der Waals surface area contributed by atoms with Crippen molar-refractivity contribution in [2.75, 3.05) is 31.5 Å². The summed E-state index contributed by atoms with van der Waals surface area (Å²) in [5.41, 5.74) is 2.97. The fraction of sp³-hybridized carbons (Fsp3) is 0.250. The van der Waals surface area contributed by atoms with Crippen LogP contribution < -0.4 is 5.32 Å². The number of hydrogen-bond donors (Lipinski definition) is 4. The van der Waals surface area contributed by atoms with Gasteiger partial charge < -0.3 is 20.5 Å². The van der Waals surface area contributed by atoms with E-state index in [4.69, 9.17) is 5.11 Å². The first-order valence-corrected chi connectivity index (χ1v) is 10.8. The van der Waals surface area contributed by atoms with E-state index in [1.54, 1.807) is 36.8 Å². The number of amides is 1. The lowest BCUT2D eigenvalue weighted by atomic mass is 10.0. The predicted molar refractivity (Wildman–Crippen MR) is 125 cm³/mol. The van der Waals surface area contributed by atoms with Crippen molar-refractivity contribution in [1.29, 1.82) is 0 Å². The van der Waals surface area contributed by atoms with Crippen molar-refractivity contribution in [2.45, 2.75) is 12.6 Å². The maximum absolute atomic E-state index is 12.3. The SMILES string of the molecule is O=C(O)/C=C/C(=O)Nc1ccc2[nH]cc(C(C(=O)O)N3CCN(Cc4ccncc4)CC3)c2c1.